The summed E-state index contributed by atoms with van der Waals surface area (Å²) >= 11 is 0. The third-order valence-corrected chi connectivity index (χ3v) is 8.86. The molecule has 6 rings (SSSR count). The number of para-hydroxylation sites is 1. The minimum Gasteiger partial charge on any atom is -0.493 e. The molecule has 214 valence electrons. The summed E-state index contributed by atoms with van der Waals surface area (Å²) in [5, 5.41) is 3.16. The summed E-state index contributed by atoms with van der Waals surface area (Å²) in [6.45, 7) is 3.00. The Labute approximate surface area is 239 Å². The molecule has 1 spiro atoms. The molecule has 1 N–H and O–H groups in total. The van der Waals surface area contributed by atoms with Crippen LogP contribution in [-0.4, -0.2) is 76.8 Å². The van der Waals surface area contributed by atoms with E-state index in [1.807, 2.05) is 35.2 Å². The van der Waals surface area contributed by atoms with Gasteiger partial charge in [-0.05, 0) is 68.2 Å². The number of carbonyl (C=O) groups excluding carboxylic acids is 3. The summed E-state index contributed by atoms with van der Waals surface area (Å²) in [6.07, 6.45) is 8.75. The van der Waals surface area contributed by atoms with Crippen LogP contribution in [0.2, 0.25) is 0 Å². The van der Waals surface area contributed by atoms with Gasteiger partial charge in [0.15, 0.2) is 12.1 Å². The van der Waals surface area contributed by atoms with Gasteiger partial charge in [-0.3, -0.25) is 19.4 Å². The van der Waals surface area contributed by atoms with E-state index < -0.39 is 5.41 Å². The molecular formula is C31H35N5O5. The van der Waals surface area contributed by atoms with Crippen molar-refractivity contribution in [3.05, 3.63) is 78.3 Å². The van der Waals surface area contributed by atoms with Crippen molar-refractivity contribution in [1.29, 1.82) is 0 Å². The van der Waals surface area contributed by atoms with Gasteiger partial charge >= 0.3 is 0 Å². The summed E-state index contributed by atoms with van der Waals surface area (Å²) in [7, 11) is 0. The Morgan fingerprint density at radius 2 is 1.63 bits per heavy atom. The van der Waals surface area contributed by atoms with Gasteiger partial charge in [0.05, 0.1) is 23.3 Å². The highest BCUT2D eigenvalue weighted by atomic mass is 16.5. The molecule has 0 radical (unpaired) electrons. The maximum Gasteiger partial charge on any atom is 0.275 e. The molecule has 1 aliphatic carbocycles. The van der Waals surface area contributed by atoms with Crippen LogP contribution >= 0.6 is 0 Å². The van der Waals surface area contributed by atoms with Crippen LogP contribution in [0.5, 0.6) is 5.75 Å². The van der Waals surface area contributed by atoms with E-state index in [4.69, 9.17) is 9.15 Å². The molecule has 2 aliphatic heterocycles. The molecule has 1 saturated carbocycles. The van der Waals surface area contributed by atoms with E-state index in [2.05, 4.69) is 15.3 Å². The van der Waals surface area contributed by atoms with Crippen LogP contribution in [0.1, 0.15) is 65.1 Å². The normalized spacial score (nSPS) is 20.4. The predicted octanol–water partition coefficient (Wildman–Crippen LogP) is 3.46. The topological polar surface area (TPSA) is 118 Å². The first-order valence-electron chi connectivity index (χ1n) is 14.4. The van der Waals surface area contributed by atoms with Gasteiger partial charge in [-0.25, -0.2) is 4.98 Å². The van der Waals surface area contributed by atoms with Gasteiger partial charge in [-0.1, -0.05) is 18.2 Å². The third kappa shape index (κ3) is 5.55. The fraction of sp³-hybridized carbons (Fsp3) is 0.452. The molecule has 4 heterocycles. The molecule has 41 heavy (non-hydrogen) atoms. The van der Waals surface area contributed by atoms with Gasteiger partial charge < -0.3 is 24.3 Å². The van der Waals surface area contributed by atoms with Crippen LogP contribution < -0.4 is 10.1 Å². The molecule has 0 atom stereocenters. The number of carbonyl (C=O) groups is 3. The molecule has 10 heteroatoms. The van der Waals surface area contributed by atoms with Crippen molar-refractivity contribution in [2.45, 2.75) is 43.9 Å². The maximum atomic E-state index is 13.7. The number of pyridine rings is 1. The Balaban J connectivity index is 1.21. The van der Waals surface area contributed by atoms with E-state index in [1.54, 1.807) is 23.2 Å². The van der Waals surface area contributed by atoms with Gasteiger partial charge in [0.1, 0.15) is 12.0 Å². The molecular weight excluding hydrogens is 522 g/mol. The van der Waals surface area contributed by atoms with Gasteiger partial charge in [0.2, 0.25) is 5.91 Å². The standard InChI is InChI=1S/C31H35N5O5/c37-27-23-6-1-2-7-25(23)41-19-5-15-35(28(38)24-20-40-22-34-24)16-11-30(21-33-27)12-17-36(18-13-30)29(39)31(9-10-31)26-8-3-4-14-32-26/h1-4,6-8,14,20,22H,5,9-13,15-19,21H2,(H,33,37). The summed E-state index contributed by atoms with van der Waals surface area (Å²) < 4.78 is 11.0. The number of likely N-dealkylation sites (tertiary alicyclic amines) is 1. The summed E-state index contributed by atoms with van der Waals surface area (Å²) in [5.74, 6) is 0.304. The Hall–Kier alpha value is -4.21. The minimum absolute atomic E-state index is 0.147. The number of ether oxygens (including phenoxy) is 1. The monoisotopic (exact) mass is 557 g/mol. The molecule has 3 aromatic rings. The number of nitrogens with one attached hydrogen (secondary N) is 1. The number of hydrogen-bond acceptors (Lipinski definition) is 7. The average Bonchev–Trinajstić information content (AvgIpc) is 3.64. The highest BCUT2D eigenvalue weighted by Crippen LogP contribution is 2.49. The van der Waals surface area contributed by atoms with Crippen molar-refractivity contribution >= 4 is 17.7 Å². The van der Waals surface area contributed by atoms with Crippen LogP contribution in [0.3, 0.4) is 0 Å². The van der Waals surface area contributed by atoms with E-state index in [-0.39, 0.29) is 28.8 Å². The number of hydrogen-bond donors (Lipinski definition) is 1. The smallest absolute Gasteiger partial charge is 0.275 e. The van der Waals surface area contributed by atoms with Gasteiger partial charge in [0, 0.05) is 38.9 Å². The highest BCUT2D eigenvalue weighted by molar-refractivity contribution is 5.97. The number of nitrogens with zero attached hydrogens (tertiary/aromatic N) is 4. The van der Waals surface area contributed by atoms with E-state index in [0.29, 0.717) is 63.5 Å². The lowest BCUT2D eigenvalue weighted by atomic mass is 9.75. The molecule has 3 amide bonds. The molecule has 2 aromatic heterocycles. The largest absolute Gasteiger partial charge is 0.493 e. The SMILES string of the molecule is O=C1NCC2(CCN(C(=O)c3cocn3)CCCOc3ccccc31)CCN(C(=O)C1(c3ccccn3)CC1)CC2. The highest BCUT2D eigenvalue weighted by Gasteiger charge is 2.55. The number of oxazole rings is 1. The van der Waals surface area contributed by atoms with Gasteiger partial charge in [-0.2, -0.15) is 0 Å². The van der Waals surface area contributed by atoms with Crippen molar-refractivity contribution < 1.29 is 23.5 Å². The first-order chi connectivity index (χ1) is 20.0. The van der Waals surface area contributed by atoms with Crippen LogP contribution in [0.25, 0.3) is 0 Å². The van der Waals surface area contributed by atoms with Gasteiger partial charge in [0.25, 0.3) is 11.8 Å². The van der Waals surface area contributed by atoms with Crippen molar-refractivity contribution in [2.75, 3.05) is 39.3 Å². The van der Waals surface area contributed by atoms with E-state index in [1.165, 1.54) is 12.7 Å². The van der Waals surface area contributed by atoms with Crippen molar-refractivity contribution in [3.8, 4) is 5.75 Å². The Kier molecular flexibility index (Phi) is 7.47. The fourth-order valence-electron chi connectivity index (χ4n) is 6.10. The van der Waals surface area contributed by atoms with E-state index >= 15 is 0 Å². The molecule has 0 bridgehead atoms. The fourth-order valence-corrected chi connectivity index (χ4v) is 6.10. The number of piperidine rings is 1. The summed E-state index contributed by atoms with van der Waals surface area (Å²) in [6, 6.07) is 13.0. The zero-order valence-electron chi connectivity index (χ0n) is 23.1. The summed E-state index contributed by atoms with van der Waals surface area (Å²) in [4.78, 5) is 52.6. The van der Waals surface area contributed by atoms with Crippen LogP contribution in [0.15, 0.2) is 65.7 Å². The number of rotatable bonds is 3. The summed E-state index contributed by atoms with van der Waals surface area (Å²) in [5.41, 5.74) is 0.835. The van der Waals surface area contributed by atoms with Crippen molar-refractivity contribution in [1.82, 2.24) is 25.1 Å². The van der Waals surface area contributed by atoms with Gasteiger partial charge in [-0.15, -0.1) is 0 Å². The molecule has 1 aromatic carbocycles. The third-order valence-electron chi connectivity index (χ3n) is 8.86. The van der Waals surface area contributed by atoms with Crippen LogP contribution in [-0.2, 0) is 10.2 Å². The van der Waals surface area contributed by atoms with Crippen LogP contribution in [0, 0.1) is 5.41 Å². The maximum absolute atomic E-state index is 13.7. The molecule has 10 nitrogen and oxygen atoms in total. The second-order valence-corrected chi connectivity index (χ2v) is 11.4. The zero-order valence-corrected chi connectivity index (χ0v) is 23.1. The second-order valence-electron chi connectivity index (χ2n) is 11.4. The van der Waals surface area contributed by atoms with Crippen LogP contribution in [0.4, 0.5) is 0 Å². The van der Waals surface area contributed by atoms with E-state index in [9.17, 15) is 14.4 Å². The van der Waals surface area contributed by atoms with Crippen molar-refractivity contribution in [3.63, 3.8) is 0 Å². The molecule has 0 unspecified atom stereocenters. The Morgan fingerprint density at radius 3 is 2.34 bits per heavy atom. The molecule has 3 aliphatic rings. The van der Waals surface area contributed by atoms with E-state index in [0.717, 1.165) is 31.4 Å². The lowest BCUT2D eigenvalue weighted by Crippen LogP contribution is -2.51. The Morgan fingerprint density at radius 1 is 0.878 bits per heavy atom. The average molecular weight is 558 g/mol. The number of benzene rings is 1. The van der Waals surface area contributed by atoms with Crippen molar-refractivity contribution in [2.24, 2.45) is 5.41 Å². The zero-order chi connectivity index (χ0) is 28.3. The number of amides is 3. The predicted molar refractivity (Wildman–Crippen MR) is 149 cm³/mol. The second kappa shape index (κ2) is 11.3. The quantitative estimate of drug-likeness (QED) is 0.524. The first kappa shape index (κ1) is 27.0. The Bertz CT molecular complexity index is 1380. The molecule has 1 saturated heterocycles. The number of aromatic nitrogens is 2. The first-order valence-corrected chi connectivity index (χ1v) is 14.4. The number of fused-ring (bicyclic) bond motifs is 1. The lowest BCUT2D eigenvalue weighted by molar-refractivity contribution is -0.136. The minimum atomic E-state index is -0.505. The molecule has 2 fully saturated rings. The lowest BCUT2D eigenvalue weighted by Gasteiger charge is -2.43.